The van der Waals surface area contributed by atoms with Gasteiger partial charge in [0, 0.05) is 64.6 Å². The Morgan fingerprint density at radius 2 is 1.73 bits per heavy atom. The van der Waals surface area contributed by atoms with E-state index in [1.165, 1.54) is 0 Å². The van der Waals surface area contributed by atoms with Crippen LogP contribution in [-0.4, -0.2) is 54.0 Å². The first-order chi connectivity index (χ1) is 26.8. The monoisotopic (exact) mass is 788 g/mol. The molecule has 0 fully saturated rings. The lowest BCUT2D eigenvalue weighted by atomic mass is 9.98. The first-order valence-corrected chi connectivity index (χ1v) is 19.4. The maximum atomic E-state index is 15.3. The number of carboxylic acids is 1. The van der Waals surface area contributed by atoms with E-state index >= 15 is 4.79 Å². The highest BCUT2D eigenvalue weighted by Crippen LogP contribution is 2.46. The van der Waals surface area contributed by atoms with Crippen molar-refractivity contribution >= 4 is 62.6 Å². The molecule has 3 aromatic carbocycles. The van der Waals surface area contributed by atoms with Crippen molar-refractivity contribution in [3.8, 4) is 16.9 Å². The molecule has 1 amide bonds. The third-order valence-electron chi connectivity index (χ3n) is 11.0. The number of pyridine rings is 1. The molecule has 10 nitrogen and oxygen atoms in total. The number of aryl methyl sites for hydroxylation is 5. The number of hydrogen-bond donors (Lipinski definition) is 1. The number of rotatable bonds is 10. The molecular formula is C44H42Cl2N6O4. The Bertz CT molecular complexity index is 2690. The maximum Gasteiger partial charge on any atom is 0.337 e. The number of carbonyl (C=O) groups is 2. The van der Waals surface area contributed by atoms with Gasteiger partial charge in [-0.2, -0.15) is 5.10 Å². The van der Waals surface area contributed by atoms with E-state index in [2.05, 4.69) is 16.5 Å². The molecule has 0 bridgehead atoms. The highest BCUT2D eigenvalue weighted by atomic mass is 35.5. The third kappa shape index (κ3) is 6.21. The lowest BCUT2D eigenvalue weighted by molar-refractivity contribution is 0.0698. The summed E-state index contributed by atoms with van der Waals surface area (Å²) in [6.07, 6.45) is 4.56. The van der Waals surface area contributed by atoms with Gasteiger partial charge in [0.25, 0.3) is 5.91 Å². The average molecular weight is 790 g/mol. The number of aromatic nitrogens is 5. The number of hydrogen-bond acceptors (Lipinski definition) is 5. The van der Waals surface area contributed by atoms with Crippen molar-refractivity contribution in [1.29, 1.82) is 0 Å². The summed E-state index contributed by atoms with van der Waals surface area (Å²) in [5.74, 6) is -0.455. The standard InChI is InChI=1S/C44H42Cl2N6O4/c1-24-19-30(20-25(2)39(24)46)56-18-10-13-31-33-15-16-35(45)38(37-27(4)48-49(6)28(37)5)41(33)52-26(3)21-51(43(53)42(31)52)36-14-9-12-32-34(44(54)55)23-50(40(32)36)22-29-11-7-8-17-47-29/h7-9,11-12,14-17,19-20,23,26H,10,13,18,21-22H2,1-6H3,(H,54,55)/t26-/m1/s1. The lowest BCUT2D eigenvalue weighted by Gasteiger charge is -2.35. The molecule has 1 atom stereocenters. The zero-order valence-electron chi connectivity index (χ0n) is 32.2. The van der Waals surface area contributed by atoms with Crippen molar-refractivity contribution in [1.82, 2.24) is 23.9 Å². The van der Waals surface area contributed by atoms with Crippen LogP contribution in [0.4, 0.5) is 5.69 Å². The summed E-state index contributed by atoms with van der Waals surface area (Å²) in [6.45, 7) is 11.2. The summed E-state index contributed by atoms with van der Waals surface area (Å²) in [4.78, 5) is 34.2. The van der Waals surface area contributed by atoms with E-state index in [9.17, 15) is 9.90 Å². The average Bonchev–Trinajstić information content (AvgIpc) is 3.79. The first kappa shape index (κ1) is 37.3. The molecule has 0 aliphatic carbocycles. The third-order valence-corrected chi connectivity index (χ3v) is 11.9. The van der Waals surface area contributed by atoms with Gasteiger partial charge in [-0.05, 0) is 101 Å². The summed E-state index contributed by atoms with van der Waals surface area (Å²) in [6, 6.07) is 18.8. The van der Waals surface area contributed by atoms with Gasteiger partial charge in [0.15, 0.2) is 0 Å². The van der Waals surface area contributed by atoms with Crippen LogP contribution in [-0.2, 0) is 20.0 Å². The lowest BCUT2D eigenvalue weighted by Crippen LogP contribution is -2.43. The van der Waals surface area contributed by atoms with Gasteiger partial charge in [0.2, 0.25) is 0 Å². The van der Waals surface area contributed by atoms with Crippen molar-refractivity contribution < 1.29 is 19.4 Å². The fraction of sp³-hybridized carbons (Fsp3) is 0.273. The van der Waals surface area contributed by atoms with E-state index in [1.54, 1.807) is 18.5 Å². The first-order valence-electron chi connectivity index (χ1n) is 18.7. The number of anilines is 1. The van der Waals surface area contributed by atoms with Crippen molar-refractivity contribution in [3.63, 3.8) is 0 Å². The second kappa shape index (κ2) is 14.5. The van der Waals surface area contributed by atoms with Gasteiger partial charge in [-0.1, -0.05) is 47.5 Å². The molecule has 286 valence electrons. The number of aromatic carboxylic acids is 1. The maximum absolute atomic E-state index is 15.3. The predicted octanol–water partition coefficient (Wildman–Crippen LogP) is 9.91. The van der Waals surface area contributed by atoms with Crippen LogP contribution >= 0.6 is 23.2 Å². The summed E-state index contributed by atoms with van der Waals surface area (Å²) < 4.78 is 12.2. The fourth-order valence-corrected chi connectivity index (χ4v) is 8.81. The van der Waals surface area contributed by atoms with Gasteiger partial charge in [-0.25, -0.2) is 4.79 Å². The largest absolute Gasteiger partial charge is 0.494 e. The summed E-state index contributed by atoms with van der Waals surface area (Å²) in [7, 11) is 1.92. The number of halogens is 2. The second-order valence-electron chi connectivity index (χ2n) is 14.7. The normalized spacial score (nSPS) is 14.2. The Hall–Kier alpha value is -5.58. The second-order valence-corrected chi connectivity index (χ2v) is 15.5. The molecule has 0 saturated heterocycles. The van der Waals surface area contributed by atoms with E-state index in [-0.39, 0.29) is 17.5 Å². The molecule has 56 heavy (non-hydrogen) atoms. The fourth-order valence-electron chi connectivity index (χ4n) is 8.46. The topological polar surface area (TPSA) is 107 Å². The number of para-hydroxylation sites is 1. The van der Waals surface area contributed by atoms with Crippen LogP contribution in [0.15, 0.2) is 73.1 Å². The Morgan fingerprint density at radius 3 is 2.41 bits per heavy atom. The number of carboxylic acid groups (broad SMARTS) is 1. The number of nitrogens with zero attached hydrogens (tertiary/aromatic N) is 6. The van der Waals surface area contributed by atoms with Crippen LogP contribution < -0.4 is 9.64 Å². The van der Waals surface area contributed by atoms with Crippen LogP contribution in [0.3, 0.4) is 0 Å². The summed E-state index contributed by atoms with van der Waals surface area (Å²) in [5.41, 5.74) is 10.2. The minimum Gasteiger partial charge on any atom is -0.494 e. The summed E-state index contributed by atoms with van der Waals surface area (Å²) >= 11 is 13.6. The van der Waals surface area contributed by atoms with Gasteiger partial charge >= 0.3 is 5.97 Å². The van der Waals surface area contributed by atoms with Gasteiger partial charge in [0.05, 0.1) is 51.8 Å². The van der Waals surface area contributed by atoms with E-state index in [4.69, 9.17) is 33.0 Å². The smallest absolute Gasteiger partial charge is 0.337 e. The minimum absolute atomic E-state index is 0.164. The zero-order valence-corrected chi connectivity index (χ0v) is 33.7. The number of carbonyl (C=O) groups excluding carboxylic acids is 1. The number of amides is 1. The molecule has 0 spiro atoms. The number of fused-ring (bicyclic) bond motifs is 4. The zero-order chi connectivity index (χ0) is 39.6. The molecule has 0 saturated carbocycles. The van der Waals surface area contributed by atoms with E-state index in [0.29, 0.717) is 59.8 Å². The SMILES string of the molecule is Cc1cc(OCCCc2c3n(c4c(-c5c(C)nn(C)c5C)c(Cl)ccc24)[C@H](C)CN(c2cccc4c(C(=O)O)cn(Cc5ccccn5)c24)C3=O)cc(C)c1Cl. The van der Waals surface area contributed by atoms with Gasteiger partial charge in [-0.15, -0.1) is 0 Å². The molecule has 1 aliphatic rings. The molecule has 5 heterocycles. The highest BCUT2D eigenvalue weighted by molar-refractivity contribution is 6.35. The van der Waals surface area contributed by atoms with Gasteiger partial charge in [-0.3, -0.25) is 14.5 Å². The van der Waals surface area contributed by atoms with E-state index < -0.39 is 5.97 Å². The van der Waals surface area contributed by atoms with Gasteiger partial charge < -0.3 is 23.9 Å². The molecule has 0 radical (unpaired) electrons. The molecule has 4 aromatic heterocycles. The predicted molar refractivity (Wildman–Crippen MR) is 222 cm³/mol. The van der Waals surface area contributed by atoms with Crippen LogP contribution in [0.1, 0.15) is 74.0 Å². The van der Waals surface area contributed by atoms with Crippen molar-refractivity contribution in [2.75, 3.05) is 18.1 Å². The molecule has 8 rings (SSSR count). The van der Waals surface area contributed by atoms with Crippen LogP contribution in [0.5, 0.6) is 5.75 Å². The van der Waals surface area contributed by atoms with Gasteiger partial charge in [0.1, 0.15) is 11.4 Å². The molecule has 1 aliphatic heterocycles. The quantitative estimate of drug-likeness (QED) is 0.138. The van der Waals surface area contributed by atoms with Crippen LogP contribution in [0.2, 0.25) is 10.0 Å². The molecule has 0 unspecified atom stereocenters. The van der Waals surface area contributed by atoms with Crippen molar-refractivity contribution in [3.05, 3.63) is 128 Å². The van der Waals surface area contributed by atoms with Crippen LogP contribution in [0.25, 0.3) is 32.9 Å². The Labute approximate surface area is 334 Å². The molecule has 12 heteroatoms. The Kier molecular flexibility index (Phi) is 9.66. The molecule has 1 N–H and O–H groups in total. The van der Waals surface area contributed by atoms with Crippen molar-refractivity contribution in [2.24, 2.45) is 7.05 Å². The number of benzene rings is 3. The molecular weight excluding hydrogens is 747 g/mol. The van der Waals surface area contributed by atoms with E-state index in [0.717, 1.165) is 66.6 Å². The number of ether oxygens (including phenoxy) is 1. The summed E-state index contributed by atoms with van der Waals surface area (Å²) in [5, 5.41) is 17.8. The Morgan fingerprint density at radius 1 is 0.964 bits per heavy atom. The molecule has 7 aromatic rings. The highest BCUT2D eigenvalue weighted by Gasteiger charge is 2.38. The Balaban J connectivity index is 1.28. The minimum atomic E-state index is -1.04. The van der Waals surface area contributed by atoms with E-state index in [1.807, 2.05) is 103 Å². The van der Waals surface area contributed by atoms with Crippen molar-refractivity contribution in [2.45, 2.75) is 60.0 Å². The van der Waals surface area contributed by atoms with Crippen LogP contribution in [0, 0.1) is 27.7 Å².